The topological polar surface area (TPSA) is 93.7 Å². The lowest BCUT2D eigenvalue weighted by molar-refractivity contribution is -0.115. The van der Waals surface area contributed by atoms with Crippen LogP contribution in [-0.2, 0) is 22.4 Å². The maximum absolute atomic E-state index is 13.3. The van der Waals surface area contributed by atoms with Gasteiger partial charge in [0.1, 0.15) is 10.8 Å². The van der Waals surface area contributed by atoms with E-state index in [-0.39, 0.29) is 29.6 Å². The number of hydrogen-bond acceptors (Lipinski definition) is 7. The Morgan fingerprint density at radius 3 is 2.50 bits per heavy atom. The third-order valence-electron chi connectivity index (χ3n) is 6.27. The van der Waals surface area contributed by atoms with E-state index in [4.69, 9.17) is 9.47 Å². The molecule has 38 heavy (non-hydrogen) atoms. The van der Waals surface area contributed by atoms with Gasteiger partial charge in [0.2, 0.25) is 5.91 Å². The first-order valence-electron chi connectivity index (χ1n) is 12.8. The molecular weight excluding hydrogens is 520 g/mol. The van der Waals surface area contributed by atoms with E-state index >= 15 is 0 Å². The van der Waals surface area contributed by atoms with Gasteiger partial charge >= 0.3 is 5.97 Å². The fraction of sp³-hybridized carbons (Fsp3) is 0.345. The summed E-state index contributed by atoms with van der Waals surface area (Å²) in [5, 5.41) is 6.15. The average molecular weight is 553 g/mol. The summed E-state index contributed by atoms with van der Waals surface area (Å²) in [6, 6.07) is 14.3. The molecular formula is C29H32N2O5S2. The van der Waals surface area contributed by atoms with Gasteiger partial charge in [-0.15, -0.1) is 23.1 Å². The van der Waals surface area contributed by atoms with Crippen LogP contribution in [0, 0.1) is 0 Å². The number of carbonyl (C=O) groups is 3. The molecule has 4 rings (SSSR count). The molecule has 0 bridgehead atoms. The maximum atomic E-state index is 13.3. The van der Waals surface area contributed by atoms with Gasteiger partial charge in [-0.05, 0) is 87.1 Å². The fourth-order valence-corrected chi connectivity index (χ4v) is 6.64. The van der Waals surface area contributed by atoms with Crippen molar-refractivity contribution in [2.24, 2.45) is 0 Å². The lowest BCUT2D eigenvalue weighted by Crippen LogP contribution is -2.25. The van der Waals surface area contributed by atoms with Gasteiger partial charge in [0.15, 0.2) is 0 Å². The Kier molecular flexibility index (Phi) is 9.47. The number of hydrogen-bond donors (Lipinski definition) is 2. The number of ether oxygens (including phenoxy) is 2. The zero-order valence-electron chi connectivity index (χ0n) is 21.8. The second-order valence-electron chi connectivity index (χ2n) is 8.85. The first-order chi connectivity index (χ1) is 18.4. The number of anilines is 2. The number of esters is 1. The predicted octanol–water partition coefficient (Wildman–Crippen LogP) is 6.57. The van der Waals surface area contributed by atoms with E-state index in [1.165, 1.54) is 23.1 Å². The molecule has 1 unspecified atom stereocenters. The lowest BCUT2D eigenvalue weighted by atomic mass is 9.95. The van der Waals surface area contributed by atoms with Crippen LogP contribution in [0.25, 0.3) is 0 Å². The summed E-state index contributed by atoms with van der Waals surface area (Å²) in [7, 11) is 1.58. The van der Waals surface area contributed by atoms with Crippen molar-refractivity contribution in [3.05, 3.63) is 70.1 Å². The van der Waals surface area contributed by atoms with Gasteiger partial charge in [0.25, 0.3) is 5.91 Å². The minimum Gasteiger partial charge on any atom is -0.497 e. The van der Waals surface area contributed by atoms with Crippen molar-refractivity contribution >= 4 is 51.6 Å². The highest BCUT2D eigenvalue weighted by Gasteiger charge is 2.29. The highest BCUT2D eigenvalue weighted by Crippen LogP contribution is 2.39. The van der Waals surface area contributed by atoms with Gasteiger partial charge in [-0.25, -0.2) is 4.79 Å². The van der Waals surface area contributed by atoms with Crippen LogP contribution < -0.4 is 15.4 Å². The summed E-state index contributed by atoms with van der Waals surface area (Å²) < 4.78 is 10.5. The molecule has 1 aliphatic carbocycles. The van der Waals surface area contributed by atoms with Gasteiger partial charge in [-0.1, -0.05) is 13.0 Å². The Morgan fingerprint density at radius 2 is 1.79 bits per heavy atom. The van der Waals surface area contributed by atoms with Crippen molar-refractivity contribution in [3.8, 4) is 5.75 Å². The van der Waals surface area contributed by atoms with Crippen molar-refractivity contribution in [3.63, 3.8) is 0 Å². The SMILES string of the molecule is CCOC(=O)c1c(NC(=O)C(CC)Sc2cccc(NC(=O)c3ccc(OC)cc3)c2)sc2c1CCCC2. The van der Waals surface area contributed by atoms with Gasteiger partial charge in [-0.2, -0.15) is 0 Å². The molecule has 1 atom stereocenters. The number of aryl methyl sites for hydroxylation is 1. The second-order valence-corrected chi connectivity index (χ2v) is 11.2. The highest BCUT2D eigenvalue weighted by atomic mass is 32.2. The van der Waals surface area contributed by atoms with E-state index in [1.54, 1.807) is 38.3 Å². The predicted molar refractivity (Wildman–Crippen MR) is 153 cm³/mol. The summed E-state index contributed by atoms with van der Waals surface area (Å²) in [6.07, 6.45) is 4.46. The third-order valence-corrected chi connectivity index (χ3v) is 8.84. The summed E-state index contributed by atoms with van der Waals surface area (Å²) in [5.41, 5.74) is 2.70. The molecule has 2 aromatic carbocycles. The third kappa shape index (κ3) is 6.57. The van der Waals surface area contributed by atoms with Crippen molar-refractivity contribution < 1.29 is 23.9 Å². The van der Waals surface area contributed by atoms with Crippen molar-refractivity contribution in [1.82, 2.24) is 0 Å². The number of benzene rings is 2. The summed E-state index contributed by atoms with van der Waals surface area (Å²) in [6.45, 7) is 4.03. The Hall–Kier alpha value is -3.30. The molecule has 7 nitrogen and oxygen atoms in total. The van der Waals surface area contributed by atoms with Crippen LogP contribution in [0.4, 0.5) is 10.7 Å². The molecule has 200 valence electrons. The molecule has 0 aliphatic heterocycles. The second kappa shape index (κ2) is 13.0. The summed E-state index contributed by atoms with van der Waals surface area (Å²) in [4.78, 5) is 40.8. The van der Waals surface area contributed by atoms with E-state index in [0.29, 0.717) is 34.0 Å². The van der Waals surface area contributed by atoms with Crippen LogP contribution in [0.15, 0.2) is 53.4 Å². The van der Waals surface area contributed by atoms with Crippen LogP contribution in [0.5, 0.6) is 5.75 Å². The first-order valence-corrected chi connectivity index (χ1v) is 14.5. The molecule has 1 aromatic heterocycles. The van der Waals surface area contributed by atoms with Crippen LogP contribution in [0.1, 0.15) is 64.3 Å². The quantitative estimate of drug-likeness (QED) is 0.218. The molecule has 3 aromatic rings. The minimum absolute atomic E-state index is 0.158. The number of methoxy groups -OCH3 is 1. The van der Waals surface area contributed by atoms with E-state index < -0.39 is 0 Å². The molecule has 2 N–H and O–H groups in total. The standard InChI is InChI=1S/C29H32N2O5S2/c1-4-23(27(33)31-28-25(29(34)36-5-2)22-11-6-7-12-24(22)38-28)37-21-10-8-9-19(17-21)30-26(32)18-13-15-20(35-3)16-14-18/h8-10,13-17,23H,4-7,11-12H2,1-3H3,(H,30,32)(H,31,33). The molecule has 0 radical (unpaired) electrons. The zero-order chi connectivity index (χ0) is 27.1. The van der Waals surface area contributed by atoms with Crippen LogP contribution in [-0.4, -0.2) is 36.8 Å². The molecule has 1 aliphatic rings. The van der Waals surface area contributed by atoms with Crippen molar-refractivity contribution in [1.29, 1.82) is 0 Å². The van der Waals surface area contributed by atoms with E-state index in [9.17, 15) is 14.4 Å². The van der Waals surface area contributed by atoms with E-state index in [1.807, 2.05) is 31.2 Å². The Morgan fingerprint density at radius 1 is 1.03 bits per heavy atom. The average Bonchev–Trinajstić information content (AvgIpc) is 3.29. The zero-order valence-corrected chi connectivity index (χ0v) is 23.4. The minimum atomic E-state index is -0.378. The summed E-state index contributed by atoms with van der Waals surface area (Å²) >= 11 is 2.92. The number of thiophene rings is 1. The molecule has 0 spiro atoms. The Labute approximate surface area is 231 Å². The van der Waals surface area contributed by atoms with Gasteiger partial charge in [0, 0.05) is 21.0 Å². The van der Waals surface area contributed by atoms with Crippen LogP contribution in [0.3, 0.4) is 0 Å². The number of carbonyl (C=O) groups excluding carboxylic acids is 3. The Balaban J connectivity index is 1.46. The normalized spacial score (nSPS) is 13.2. The molecule has 0 fully saturated rings. The van der Waals surface area contributed by atoms with Gasteiger partial charge < -0.3 is 20.1 Å². The lowest BCUT2D eigenvalue weighted by Gasteiger charge is -2.16. The van der Waals surface area contributed by atoms with Crippen LogP contribution in [0.2, 0.25) is 0 Å². The fourth-order valence-electron chi connectivity index (χ4n) is 4.34. The number of nitrogens with one attached hydrogen (secondary N) is 2. The largest absolute Gasteiger partial charge is 0.497 e. The van der Waals surface area contributed by atoms with Gasteiger partial charge in [-0.3, -0.25) is 9.59 Å². The highest BCUT2D eigenvalue weighted by molar-refractivity contribution is 8.00. The summed E-state index contributed by atoms with van der Waals surface area (Å²) in [5.74, 6) is -0.0776. The molecule has 9 heteroatoms. The van der Waals surface area contributed by atoms with Crippen molar-refractivity contribution in [2.45, 2.75) is 56.1 Å². The maximum Gasteiger partial charge on any atom is 0.341 e. The van der Waals surface area contributed by atoms with E-state index in [2.05, 4.69) is 10.6 Å². The van der Waals surface area contributed by atoms with Crippen molar-refractivity contribution in [2.75, 3.05) is 24.4 Å². The number of thioether (sulfide) groups is 1. The monoisotopic (exact) mass is 552 g/mol. The number of fused-ring (bicyclic) bond motifs is 1. The number of amides is 2. The smallest absolute Gasteiger partial charge is 0.341 e. The first kappa shape index (κ1) is 27.7. The molecule has 0 saturated carbocycles. The Bertz CT molecular complexity index is 1300. The molecule has 0 saturated heterocycles. The number of rotatable bonds is 10. The molecule has 2 amide bonds. The van der Waals surface area contributed by atoms with E-state index in [0.717, 1.165) is 41.0 Å². The molecule has 1 heterocycles. The van der Waals surface area contributed by atoms with Gasteiger partial charge in [0.05, 0.1) is 24.5 Å². The van der Waals surface area contributed by atoms with Crippen LogP contribution >= 0.6 is 23.1 Å².